The maximum Gasteiger partial charge on any atom is 0.0478 e. The molecule has 0 spiro atoms. The Morgan fingerprint density at radius 2 is 1.90 bits per heavy atom. The number of hydrogen-bond donors (Lipinski definition) is 0. The summed E-state index contributed by atoms with van der Waals surface area (Å²) in [4.78, 5) is 6.86. The second kappa shape index (κ2) is 7.41. The van der Waals surface area contributed by atoms with Crippen molar-refractivity contribution in [1.29, 1.82) is 0 Å². The third-order valence-corrected chi connectivity index (χ3v) is 3.91. The van der Waals surface area contributed by atoms with Gasteiger partial charge in [0.25, 0.3) is 0 Å². The summed E-state index contributed by atoms with van der Waals surface area (Å²) in [5.41, 5.74) is 2.40. The molecule has 3 heteroatoms. The van der Waals surface area contributed by atoms with E-state index in [1.807, 2.05) is 24.4 Å². The zero-order valence-corrected chi connectivity index (χ0v) is 12.8. The molecule has 0 aliphatic carbocycles. The van der Waals surface area contributed by atoms with Crippen molar-refractivity contribution in [2.45, 2.75) is 19.3 Å². The fourth-order valence-electron chi connectivity index (χ4n) is 2.27. The Kier molecular flexibility index (Phi) is 5.57. The van der Waals surface area contributed by atoms with Crippen LogP contribution in [-0.4, -0.2) is 30.0 Å². The van der Waals surface area contributed by atoms with Crippen LogP contribution in [-0.2, 0) is 0 Å². The van der Waals surface area contributed by atoms with Crippen molar-refractivity contribution in [3.63, 3.8) is 0 Å². The van der Waals surface area contributed by atoms with Gasteiger partial charge >= 0.3 is 0 Å². The molecule has 0 bridgehead atoms. The Hall–Kier alpha value is -1.38. The minimum absolute atomic E-state index is 0.322. The Labute approximate surface area is 126 Å². The van der Waals surface area contributed by atoms with Crippen LogP contribution in [0.1, 0.15) is 30.5 Å². The molecule has 0 aliphatic heterocycles. The number of nitrogens with zero attached hydrogens (tertiary/aromatic N) is 2. The zero-order chi connectivity index (χ0) is 14.4. The largest absolute Gasteiger partial charge is 0.307 e. The highest BCUT2D eigenvalue weighted by Gasteiger charge is 2.15. The predicted molar refractivity (Wildman–Crippen MR) is 85.3 cm³/mol. The van der Waals surface area contributed by atoms with Crippen LogP contribution in [0.3, 0.4) is 0 Å². The lowest BCUT2D eigenvalue weighted by Crippen LogP contribution is -2.21. The first-order valence-electron chi connectivity index (χ1n) is 7.05. The van der Waals surface area contributed by atoms with E-state index in [1.54, 1.807) is 0 Å². The molecule has 0 N–H and O–H groups in total. The molecule has 0 saturated heterocycles. The number of rotatable bonds is 6. The van der Waals surface area contributed by atoms with Gasteiger partial charge in [0.15, 0.2) is 0 Å². The van der Waals surface area contributed by atoms with Crippen LogP contribution in [0.25, 0.3) is 0 Å². The van der Waals surface area contributed by atoms with E-state index in [-0.39, 0.29) is 0 Å². The van der Waals surface area contributed by atoms with Gasteiger partial charge in [0, 0.05) is 22.8 Å². The second-order valence-electron chi connectivity index (χ2n) is 5.04. The summed E-state index contributed by atoms with van der Waals surface area (Å²) in [6.45, 7) is 4.30. The molecule has 1 aromatic carbocycles. The molecule has 0 amide bonds. The summed E-state index contributed by atoms with van der Waals surface area (Å²) >= 11 is 5.99. The summed E-state index contributed by atoms with van der Waals surface area (Å²) in [7, 11) is 2.15. The van der Waals surface area contributed by atoms with Gasteiger partial charge in [-0.15, -0.1) is 0 Å². The molecule has 0 aliphatic rings. The van der Waals surface area contributed by atoms with Gasteiger partial charge in [0.05, 0.1) is 0 Å². The minimum atomic E-state index is 0.322. The van der Waals surface area contributed by atoms with Crippen LogP contribution in [0.2, 0.25) is 5.02 Å². The molecule has 0 radical (unpaired) electrons. The third kappa shape index (κ3) is 4.06. The van der Waals surface area contributed by atoms with E-state index in [9.17, 15) is 0 Å². The molecule has 1 unspecified atom stereocenters. The van der Waals surface area contributed by atoms with Gasteiger partial charge in [-0.3, -0.25) is 4.98 Å². The molecule has 2 nitrogen and oxygen atoms in total. The van der Waals surface area contributed by atoms with Crippen LogP contribution >= 0.6 is 11.6 Å². The quantitative estimate of drug-likeness (QED) is 0.791. The molecule has 106 valence electrons. The maximum absolute atomic E-state index is 5.99. The smallest absolute Gasteiger partial charge is 0.0478 e. The van der Waals surface area contributed by atoms with Crippen molar-refractivity contribution in [3.8, 4) is 0 Å². The van der Waals surface area contributed by atoms with Crippen molar-refractivity contribution in [2.75, 3.05) is 20.1 Å². The monoisotopic (exact) mass is 288 g/mol. The van der Waals surface area contributed by atoms with Crippen molar-refractivity contribution >= 4 is 11.6 Å². The van der Waals surface area contributed by atoms with Gasteiger partial charge < -0.3 is 4.90 Å². The fourth-order valence-corrected chi connectivity index (χ4v) is 2.40. The average Bonchev–Trinajstić information content (AvgIpc) is 2.50. The van der Waals surface area contributed by atoms with Crippen molar-refractivity contribution < 1.29 is 0 Å². The summed E-state index contributed by atoms with van der Waals surface area (Å²) in [5, 5.41) is 0.777. The Balaban J connectivity index is 2.22. The first-order chi connectivity index (χ1) is 9.70. The summed E-state index contributed by atoms with van der Waals surface area (Å²) < 4.78 is 0. The van der Waals surface area contributed by atoms with E-state index in [0.29, 0.717) is 5.92 Å². The normalized spacial score (nSPS) is 12.6. The van der Waals surface area contributed by atoms with Crippen molar-refractivity contribution in [3.05, 3.63) is 64.9 Å². The standard InChI is InChI=1S/C17H21ClN2/c1-3-20(2)13-11-16(17-6-4-5-12-19-17)14-7-9-15(18)10-8-14/h4-10,12,16H,3,11,13H2,1-2H3. The average molecular weight is 289 g/mol. The number of halogens is 1. The SMILES string of the molecule is CCN(C)CCC(c1ccc(Cl)cc1)c1ccccn1. The first-order valence-corrected chi connectivity index (χ1v) is 7.43. The molecule has 1 heterocycles. The van der Waals surface area contributed by atoms with E-state index in [4.69, 9.17) is 11.6 Å². The summed E-state index contributed by atoms with van der Waals surface area (Å²) in [5.74, 6) is 0.322. The second-order valence-corrected chi connectivity index (χ2v) is 5.48. The van der Waals surface area contributed by atoms with Crippen molar-refractivity contribution in [1.82, 2.24) is 9.88 Å². The van der Waals surface area contributed by atoms with E-state index in [1.165, 1.54) is 5.56 Å². The molecule has 0 saturated carbocycles. The maximum atomic E-state index is 5.99. The number of pyridine rings is 1. The Bertz CT molecular complexity index is 510. The van der Waals surface area contributed by atoms with E-state index in [2.05, 4.69) is 48.1 Å². The zero-order valence-electron chi connectivity index (χ0n) is 12.1. The molecular weight excluding hydrogens is 268 g/mol. The van der Waals surface area contributed by atoms with Gasteiger partial charge in [0.2, 0.25) is 0 Å². The van der Waals surface area contributed by atoms with Gasteiger partial charge in [0.1, 0.15) is 0 Å². The molecule has 2 aromatic rings. The molecule has 1 aromatic heterocycles. The topological polar surface area (TPSA) is 16.1 Å². The number of aromatic nitrogens is 1. The highest BCUT2D eigenvalue weighted by molar-refractivity contribution is 6.30. The molecule has 1 atom stereocenters. The minimum Gasteiger partial charge on any atom is -0.307 e. The fraction of sp³-hybridized carbons (Fsp3) is 0.353. The van der Waals surface area contributed by atoms with Crippen molar-refractivity contribution in [2.24, 2.45) is 0 Å². The van der Waals surface area contributed by atoms with E-state index in [0.717, 1.165) is 30.2 Å². The first kappa shape index (κ1) is 15.0. The third-order valence-electron chi connectivity index (χ3n) is 3.66. The Morgan fingerprint density at radius 3 is 2.50 bits per heavy atom. The highest BCUT2D eigenvalue weighted by Crippen LogP contribution is 2.27. The lowest BCUT2D eigenvalue weighted by atomic mass is 9.92. The van der Waals surface area contributed by atoms with E-state index >= 15 is 0 Å². The summed E-state index contributed by atoms with van der Waals surface area (Å²) in [6, 6.07) is 14.2. The highest BCUT2D eigenvalue weighted by atomic mass is 35.5. The molecule has 2 rings (SSSR count). The van der Waals surface area contributed by atoms with Crippen LogP contribution in [0.5, 0.6) is 0 Å². The lowest BCUT2D eigenvalue weighted by molar-refractivity contribution is 0.339. The summed E-state index contributed by atoms with van der Waals surface area (Å²) in [6.07, 6.45) is 2.92. The lowest BCUT2D eigenvalue weighted by Gasteiger charge is -2.21. The van der Waals surface area contributed by atoms with Gasteiger partial charge in [-0.2, -0.15) is 0 Å². The molecular formula is C17H21ClN2. The van der Waals surface area contributed by atoms with Crippen LogP contribution in [0.4, 0.5) is 0 Å². The van der Waals surface area contributed by atoms with Gasteiger partial charge in [-0.05, 0) is 56.4 Å². The molecule has 0 fully saturated rings. The van der Waals surface area contributed by atoms with Crippen LogP contribution in [0.15, 0.2) is 48.7 Å². The van der Waals surface area contributed by atoms with Crippen LogP contribution < -0.4 is 0 Å². The Morgan fingerprint density at radius 1 is 1.15 bits per heavy atom. The number of benzene rings is 1. The van der Waals surface area contributed by atoms with Gasteiger partial charge in [-0.25, -0.2) is 0 Å². The molecule has 20 heavy (non-hydrogen) atoms. The number of hydrogen-bond acceptors (Lipinski definition) is 2. The van der Waals surface area contributed by atoms with Crippen LogP contribution in [0, 0.1) is 0 Å². The predicted octanol–water partition coefficient (Wildman–Crippen LogP) is 4.21. The van der Waals surface area contributed by atoms with E-state index < -0.39 is 0 Å². The van der Waals surface area contributed by atoms with Gasteiger partial charge in [-0.1, -0.05) is 36.7 Å².